The number of pyridine rings is 1. The maximum Gasteiger partial charge on any atom is 0.164 e. The number of thiophene rings is 1. The Morgan fingerprint density at radius 3 is 1.51 bits per heavy atom. The first-order chi connectivity index (χ1) is 28.2. The molecule has 3 heterocycles. The van der Waals surface area contributed by atoms with Crippen LogP contribution in [-0.2, 0) is 0 Å². The smallest absolute Gasteiger partial charge is 0.164 e. The van der Waals surface area contributed by atoms with Gasteiger partial charge in [-0.05, 0) is 45.2 Å². The van der Waals surface area contributed by atoms with Crippen molar-refractivity contribution in [2.24, 2.45) is 0 Å². The molecule has 0 spiro atoms. The van der Waals surface area contributed by atoms with Crippen LogP contribution in [0.3, 0.4) is 0 Å². The zero-order chi connectivity index (χ0) is 37.7. The molecule has 0 unspecified atom stereocenters. The number of hydrogen-bond acceptors (Lipinski definition) is 5. The second-order valence-corrected chi connectivity index (χ2v) is 15.2. The first-order valence-corrected chi connectivity index (χ1v) is 19.9. The summed E-state index contributed by atoms with van der Waals surface area (Å²) in [5, 5.41) is 6.05. The Bertz CT molecular complexity index is 3260. The van der Waals surface area contributed by atoms with Gasteiger partial charge in [-0.2, -0.15) is 0 Å². The molecule has 0 bridgehead atoms. The minimum absolute atomic E-state index is 0.620. The van der Waals surface area contributed by atoms with Crippen molar-refractivity contribution in [3.05, 3.63) is 194 Å². The van der Waals surface area contributed by atoms with Crippen molar-refractivity contribution < 1.29 is 0 Å². The van der Waals surface area contributed by atoms with Gasteiger partial charge in [-0.25, -0.2) is 19.9 Å². The van der Waals surface area contributed by atoms with E-state index in [4.69, 9.17) is 19.9 Å². The highest BCUT2D eigenvalue weighted by Crippen LogP contribution is 2.46. The van der Waals surface area contributed by atoms with Gasteiger partial charge in [0.15, 0.2) is 17.5 Å². The largest absolute Gasteiger partial charge is 0.247 e. The molecule has 4 nitrogen and oxygen atoms in total. The van der Waals surface area contributed by atoms with Crippen LogP contribution in [-0.4, -0.2) is 19.9 Å². The summed E-state index contributed by atoms with van der Waals surface area (Å²) in [5.74, 6) is 1.89. The quantitative estimate of drug-likeness (QED) is 0.170. The number of nitrogens with zero attached hydrogens (tertiary/aromatic N) is 4. The number of hydrogen-bond donors (Lipinski definition) is 0. The number of benzene rings is 8. The zero-order valence-corrected chi connectivity index (χ0v) is 31.5. The Labute approximate surface area is 333 Å². The summed E-state index contributed by atoms with van der Waals surface area (Å²) in [5.41, 5.74) is 10.5. The van der Waals surface area contributed by atoms with E-state index in [1.54, 1.807) is 0 Å². The number of rotatable bonds is 6. The molecule has 0 radical (unpaired) electrons. The third-order valence-corrected chi connectivity index (χ3v) is 11.9. The Morgan fingerprint density at radius 2 is 0.807 bits per heavy atom. The Kier molecular flexibility index (Phi) is 7.97. The summed E-state index contributed by atoms with van der Waals surface area (Å²) in [6, 6.07) is 67.9. The van der Waals surface area contributed by atoms with Gasteiger partial charge < -0.3 is 0 Å². The molecule has 0 amide bonds. The van der Waals surface area contributed by atoms with E-state index < -0.39 is 0 Å². The summed E-state index contributed by atoms with van der Waals surface area (Å²) in [6.45, 7) is 0. The molecule has 0 saturated heterocycles. The lowest BCUT2D eigenvalue weighted by Gasteiger charge is -2.13. The van der Waals surface area contributed by atoms with E-state index in [-0.39, 0.29) is 0 Å². The maximum absolute atomic E-state index is 5.47. The second kappa shape index (κ2) is 13.7. The fourth-order valence-corrected chi connectivity index (χ4v) is 9.24. The average Bonchev–Trinajstić information content (AvgIpc) is 3.69. The van der Waals surface area contributed by atoms with E-state index in [2.05, 4.69) is 158 Å². The standard InChI is InChI=1S/C52H32N4S/c1-3-13-33(14-4-1)34-25-29-38(30-26-34)51-54-50(37-16-5-2-6-17-37)55-52(56-51)39-31-27-36(28-32-39)48-47-43-20-9-10-24-45(43)57-49(47)46-42(22-12-23-44(46)53-48)41-21-11-18-35-15-7-8-19-40(35)41/h1-32H. The average molecular weight is 745 g/mol. The van der Waals surface area contributed by atoms with Crippen molar-refractivity contribution in [2.75, 3.05) is 0 Å². The third-order valence-electron chi connectivity index (χ3n) is 10.7. The molecule has 57 heavy (non-hydrogen) atoms. The monoisotopic (exact) mass is 744 g/mol. The van der Waals surface area contributed by atoms with Gasteiger partial charge in [0.2, 0.25) is 0 Å². The summed E-state index contributed by atoms with van der Waals surface area (Å²) in [7, 11) is 0. The molecule has 0 saturated carbocycles. The van der Waals surface area contributed by atoms with Crippen LogP contribution in [0.2, 0.25) is 0 Å². The highest BCUT2D eigenvalue weighted by Gasteiger charge is 2.20. The van der Waals surface area contributed by atoms with E-state index in [0.717, 1.165) is 39.0 Å². The van der Waals surface area contributed by atoms with Crippen LogP contribution in [0.1, 0.15) is 0 Å². The number of fused-ring (bicyclic) bond motifs is 6. The normalized spacial score (nSPS) is 11.5. The van der Waals surface area contributed by atoms with Crippen LogP contribution < -0.4 is 0 Å². The van der Waals surface area contributed by atoms with Crippen molar-refractivity contribution in [3.63, 3.8) is 0 Å². The predicted octanol–water partition coefficient (Wildman–Crippen LogP) is 13.9. The van der Waals surface area contributed by atoms with Crippen molar-refractivity contribution in [3.8, 4) is 67.7 Å². The second-order valence-electron chi connectivity index (χ2n) is 14.2. The molecule has 0 N–H and O–H groups in total. The topological polar surface area (TPSA) is 51.6 Å². The lowest BCUT2D eigenvalue weighted by Crippen LogP contribution is -2.00. The van der Waals surface area contributed by atoms with Gasteiger partial charge in [0.05, 0.1) is 11.2 Å². The van der Waals surface area contributed by atoms with Crippen molar-refractivity contribution in [1.82, 2.24) is 19.9 Å². The summed E-state index contributed by atoms with van der Waals surface area (Å²) in [4.78, 5) is 20.5. The molecule has 0 aliphatic rings. The molecule has 0 aliphatic heterocycles. The Hall–Kier alpha value is -7.34. The van der Waals surface area contributed by atoms with E-state index in [1.807, 2.05) is 47.7 Å². The SMILES string of the molecule is c1ccc(-c2ccc(-c3nc(-c4ccccc4)nc(-c4ccc(-c5nc6cccc(-c7cccc8ccccc78)c6c6sc7ccccc7c56)cc4)n3)cc2)cc1. The molecule has 0 atom stereocenters. The molecule has 5 heteroatoms. The summed E-state index contributed by atoms with van der Waals surface area (Å²) < 4.78 is 2.49. The molecule has 3 aromatic heterocycles. The molecule has 11 rings (SSSR count). The number of aromatic nitrogens is 4. The molecule has 266 valence electrons. The van der Waals surface area contributed by atoms with Gasteiger partial charge in [-0.3, -0.25) is 0 Å². The maximum atomic E-state index is 5.47. The van der Waals surface area contributed by atoms with Gasteiger partial charge >= 0.3 is 0 Å². The highest BCUT2D eigenvalue weighted by atomic mass is 32.1. The van der Waals surface area contributed by atoms with E-state index >= 15 is 0 Å². The predicted molar refractivity (Wildman–Crippen MR) is 238 cm³/mol. The van der Waals surface area contributed by atoms with E-state index in [9.17, 15) is 0 Å². The first kappa shape index (κ1) is 33.0. The van der Waals surface area contributed by atoms with Crippen LogP contribution in [0.4, 0.5) is 0 Å². The molecular weight excluding hydrogens is 713 g/mol. The highest BCUT2D eigenvalue weighted by molar-refractivity contribution is 7.26. The lowest BCUT2D eigenvalue weighted by atomic mass is 9.93. The zero-order valence-electron chi connectivity index (χ0n) is 30.7. The van der Waals surface area contributed by atoms with Crippen LogP contribution in [0, 0.1) is 0 Å². The fraction of sp³-hybridized carbons (Fsp3) is 0. The van der Waals surface area contributed by atoms with Gasteiger partial charge in [-0.1, -0.05) is 182 Å². The van der Waals surface area contributed by atoms with Crippen LogP contribution >= 0.6 is 11.3 Å². The molecular formula is C52H32N4S. The van der Waals surface area contributed by atoms with Crippen molar-refractivity contribution in [1.29, 1.82) is 0 Å². The van der Waals surface area contributed by atoms with Gasteiger partial charge in [0, 0.05) is 47.8 Å². The minimum atomic E-state index is 0.620. The van der Waals surface area contributed by atoms with Gasteiger partial charge in [0.1, 0.15) is 0 Å². The Morgan fingerprint density at radius 1 is 0.316 bits per heavy atom. The molecule has 11 aromatic rings. The summed E-state index contributed by atoms with van der Waals surface area (Å²) in [6.07, 6.45) is 0. The molecule has 8 aromatic carbocycles. The molecule has 0 aliphatic carbocycles. The summed E-state index contributed by atoms with van der Waals surface area (Å²) >= 11 is 1.85. The lowest BCUT2D eigenvalue weighted by molar-refractivity contribution is 1.07. The van der Waals surface area contributed by atoms with Crippen LogP contribution in [0.5, 0.6) is 0 Å². The fourth-order valence-electron chi connectivity index (χ4n) is 7.97. The van der Waals surface area contributed by atoms with E-state index in [1.165, 1.54) is 53.0 Å². The van der Waals surface area contributed by atoms with Crippen molar-refractivity contribution >= 4 is 53.2 Å². The van der Waals surface area contributed by atoms with Gasteiger partial charge in [-0.15, -0.1) is 11.3 Å². The van der Waals surface area contributed by atoms with E-state index in [0.29, 0.717) is 17.5 Å². The van der Waals surface area contributed by atoms with Crippen LogP contribution in [0.25, 0.3) is 110 Å². The Balaban J connectivity index is 1.05. The third kappa shape index (κ3) is 5.84. The van der Waals surface area contributed by atoms with Gasteiger partial charge in [0.25, 0.3) is 0 Å². The van der Waals surface area contributed by atoms with Crippen molar-refractivity contribution in [2.45, 2.75) is 0 Å². The minimum Gasteiger partial charge on any atom is -0.247 e. The first-order valence-electron chi connectivity index (χ1n) is 19.1. The van der Waals surface area contributed by atoms with Crippen LogP contribution in [0.15, 0.2) is 194 Å². The molecule has 0 fully saturated rings.